The highest BCUT2D eigenvalue weighted by molar-refractivity contribution is 7.14. The Morgan fingerprint density at radius 2 is 2.17 bits per heavy atom. The maximum absolute atomic E-state index is 12.2. The van der Waals surface area contributed by atoms with Gasteiger partial charge in [-0.15, -0.1) is 11.3 Å². The lowest BCUT2D eigenvalue weighted by molar-refractivity contribution is 0.262. The van der Waals surface area contributed by atoms with E-state index in [1.54, 1.807) is 0 Å². The molecule has 2 amide bonds. The Bertz CT molecular complexity index is 882. The average molecular weight is 340 g/mol. The van der Waals surface area contributed by atoms with Crippen LogP contribution in [0, 0.1) is 6.92 Å². The number of hydrogen-bond donors (Lipinski definition) is 2. The molecule has 0 unspecified atom stereocenters. The standard InChI is InChI=1S/C17H16N4O2S/c1-10-3-2-4-12(9-10)18-17(22)19-13-7-8-24-14(13)16-20-15(21-23-16)11-5-6-11/h2-4,7-9,11H,5-6H2,1H3,(H2,18,19,22). The van der Waals surface area contributed by atoms with E-state index in [4.69, 9.17) is 4.52 Å². The Morgan fingerprint density at radius 3 is 2.96 bits per heavy atom. The van der Waals surface area contributed by atoms with E-state index in [0.717, 1.165) is 34.8 Å². The molecule has 4 rings (SSSR count). The largest absolute Gasteiger partial charge is 0.333 e. The summed E-state index contributed by atoms with van der Waals surface area (Å²) in [6, 6.07) is 9.17. The molecule has 1 saturated carbocycles. The van der Waals surface area contributed by atoms with Gasteiger partial charge in [-0.2, -0.15) is 4.98 Å². The molecular weight excluding hydrogens is 324 g/mol. The highest BCUT2D eigenvalue weighted by atomic mass is 32.1. The first-order valence-electron chi connectivity index (χ1n) is 7.75. The third-order valence-corrected chi connectivity index (χ3v) is 4.67. The Balaban J connectivity index is 1.48. The van der Waals surface area contributed by atoms with Crippen molar-refractivity contribution >= 4 is 28.7 Å². The lowest BCUT2D eigenvalue weighted by Gasteiger charge is -2.07. The van der Waals surface area contributed by atoms with Gasteiger partial charge in [0, 0.05) is 11.6 Å². The summed E-state index contributed by atoms with van der Waals surface area (Å²) in [6.07, 6.45) is 2.24. The Kier molecular flexibility index (Phi) is 3.78. The van der Waals surface area contributed by atoms with Crippen molar-refractivity contribution < 1.29 is 9.32 Å². The van der Waals surface area contributed by atoms with Gasteiger partial charge in [0.1, 0.15) is 4.88 Å². The van der Waals surface area contributed by atoms with E-state index in [0.29, 0.717) is 17.5 Å². The van der Waals surface area contributed by atoms with Crippen LogP contribution in [-0.4, -0.2) is 16.2 Å². The van der Waals surface area contributed by atoms with Gasteiger partial charge in [0.15, 0.2) is 5.82 Å². The van der Waals surface area contributed by atoms with E-state index in [-0.39, 0.29) is 6.03 Å². The Morgan fingerprint density at radius 1 is 1.29 bits per heavy atom. The zero-order valence-electron chi connectivity index (χ0n) is 13.1. The highest BCUT2D eigenvalue weighted by Crippen LogP contribution is 2.40. The van der Waals surface area contributed by atoms with Crippen molar-refractivity contribution in [1.29, 1.82) is 0 Å². The van der Waals surface area contributed by atoms with Gasteiger partial charge in [-0.25, -0.2) is 4.79 Å². The topological polar surface area (TPSA) is 80.0 Å². The zero-order chi connectivity index (χ0) is 16.5. The number of aromatic nitrogens is 2. The summed E-state index contributed by atoms with van der Waals surface area (Å²) in [7, 11) is 0. The number of carbonyl (C=O) groups is 1. The summed E-state index contributed by atoms with van der Waals surface area (Å²) in [5.74, 6) is 1.65. The second-order valence-electron chi connectivity index (χ2n) is 5.84. The van der Waals surface area contributed by atoms with Gasteiger partial charge in [-0.3, -0.25) is 0 Å². The van der Waals surface area contributed by atoms with Crippen LogP contribution in [0.4, 0.5) is 16.2 Å². The minimum absolute atomic E-state index is 0.304. The minimum Gasteiger partial charge on any atom is -0.333 e. The van der Waals surface area contributed by atoms with Gasteiger partial charge in [0.05, 0.1) is 5.69 Å². The molecule has 3 aromatic rings. The number of nitrogens with zero attached hydrogens (tertiary/aromatic N) is 2. The van der Waals surface area contributed by atoms with Crippen LogP contribution >= 0.6 is 11.3 Å². The Labute approximate surface area is 142 Å². The molecule has 0 saturated heterocycles. The molecule has 2 heterocycles. The van der Waals surface area contributed by atoms with Crippen molar-refractivity contribution in [2.75, 3.05) is 10.6 Å². The summed E-state index contributed by atoms with van der Waals surface area (Å²) >= 11 is 1.46. The van der Waals surface area contributed by atoms with E-state index < -0.39 is 0 Å². The zero-order valence-corrected chi connectivity index (χ0v) is 13.9. The maximum atomic E-state index is 12.2. The van der Waals surface area contributed by atoms with Crippen LogP contribution in [0.5, 0.6) is 0 Å². The predicted octanol–water partition coefficient (Wildman–Crippen LogP) is 4.63. The average Bonchev–Trinajstić information content (AvgIpc) is 3.10. The first-order chi connectivity index (χ1) is 11.7. The number of carbonyl (C=O) groups excluding carboxylic acids is 1. The summed E-state index contributed by atoms with van der Waals surface area (Å²) < 4.78 is 5.34. The van der Waals surface area contributed by atoms with Gasteiger partial charge in [0.2, 0.25) is 0 Å². The summed E-state index contributed by atoms with van der Waals surface area (Å²) in [6.45, 7) is 1.98. The molecule has 7 heteroatoms. The Hall–Kier alpha value is -2.67. The third kappa shape index (κ3) is 3.16. The molecule has 122 valence electrons. The van der Waals surface area contributed by atoms with E-state index in [9.17, 15) is 4.79 Å². The number of amides is 2. The summed E-state index contributed by atoms with van der Waals surface area (Å²) in [4.78, 5) is 17.4. The number of thiophene rings is 1. The molecule has 1 fully saturated rings. The number of aryl methyl sites for hydroxylation is 1. The fourth-order valence-electron chi connectivity index (χ4n) is 2.42. The quantitative estimate of drug-likeness (QED) is 0.726. The number of anilines is 2. The van der Waals surface area contributed by atoms with Crippen molar-refractivity contribution in [1.82, 2.24) is 10.1 Å². The van der Waals surface area contributed by atoms with Crippen LogP contribution in [0.15, 0.2) is 40.2 Å². The van der Waals surface area contributed by atoms with Crippen LogP contribution in [0.25, 0.3) is 10.8 Å². The molecule has 0 radical (unpaired) electrons. The van der Waals surface area contributed by atoms with Crippen molar-refractivity contribution in [2.24, 2.45) is 0 Å². The van der Waals surface area contributed by atoms with Gasteiger partial charge in [-0.05, 0) is 48.9 Å². The molecule has 2 N–H and O–H groups in total. The monoisotopic (exact) mass is 340 g/mol. The highest BCUT2D eigenvalue weighted by Gasteiger charge is 2.29. The van der Waals surface area contributed by atoms with E-state index >= 15 is 0 Å². The second kappa shape index (κ2) is 6.09. The first-order valence-corrected chi connectivity index (χ1v) is 8.63. The van der Waals surface area contributed by atoms with Gasteiger partial charge >= 0.3 is 6.03 Å². The number of rotatable bonds is 4. The maximum Gasteiger partial charge on any atom is 0.323 e. The van der Waals surface area contributed by atoms with Gasteiger partial charge < -0.3 is 15.2 Å². The number of hydrogen-bond acceptors (Lipinski definition) is 5. The van der Waals surface area contributed by atoms with Crippen molar-refractivity contribution in [3.63, 3.8) is 0 Å². The van der Waals surface area contributed by atoms with Crippen LogP contribution in [0.2, 0.25) is 0 Å². The fourth-order valence-corrected chi connectivity index (χ4v) is 3.19. The van der Waals surface area contributed by atoms with Crippen molar-refractivity contribution in [3.8, 4) is 10.8 Å². The van der Waals surface area contributed by atoms with Crippen LogP contribution < -0.4 is 10.6 Å². The van der Waals surface area contributed by atoms with Crippen molar-refractivity contribution in [3.05, 3.63) is 47.1 Å². The fraction of sp³-hybridized carbons (Fsp3) is 0.235. The molecule has 1 aromatic carbocycles. The molecule has 2 aromatic heterocycles. The second-order valence-corrected chi connectivity index (χ2v) is 6.76. The lowest BCUT2D eigenvalue weighted by atomic mass is 10.2. The number of nitrogens with one attached hydrogen (secondary N) is 2. The first kappa shape index (κ1) is 14.9. The molecule has 0 spiro atoms. The minimum atomic E-state index is -0.304. The molecule has 0 bridgehead atoms. The molecule has 0 atom stereocenters. The summed E-state index contributed by atoms with van der Waals surface area (Å²) in [5.41, 5.74) is 2.50. The van der Waals surface area contributed by atoms with Crippen LogP contribution in [-0.2, 0) is 0 Å². The lowest BCUT2D eigenvalue weighted by Crippen LogP contribution is -2.19. The molecule has 6 nitrogen and oxygen atoms in total. The van der Waals surface area contributed by atoms with E-state index in [1.807, 2.05) is 42.6 Å². The van der Waals surface area contributed by atoms with Crippen LogP contribution in [0.3, 0.4) is 0 Å². The normalized spacial score (nSPS) is 13.7. The number of benzene rings is 1. The molecular formula is C17H16N4O2S. The SMILES string of the molecule is Cc1cccc(NC(=O)Nc2ccsc2-c2nc(C3CC3)no2)c1. The number of urea groups is 1. The molecule has 1 aliphatic rings. The predicted molar refractivity (Wildman–Crippen MR) is 93.4 cm³/mol. The smallest absolute Gasteiger partial charge is 0.323 e. The molecule has 1 aliphatic carbocycles. The van der Waals surface area contributed by atoms with Crippen molar-refractivity contribution in [2.45, 2.75) is 25.7 Å². The molecule has 24 heavy (non-hydrogen) atoms. The van der Waals surface area contributed by atoms with Gasteiger partial charge in [0.25, 0.3) is 5.89 Å². The van der Waals surface area contributed by atoms with E-state index in [2.05, 4.69) is 20.8 Å². The van der Waals surface area contributed by atoms with E-state index in [1.165, 1.54) is 11.3 Å². The van der Waals surface area contributed by atoms with Crippen LogP contribution in [0.1, 0.15) is 30.1 Å². The molecule has 0 aliphatic heterocycles. The third-order valence-electron chi connectivity index (χ3n) is 3.77. The summed E-state index contributed by atoms with van der Waals surface area (Å²) in [5, 5.41) is 11.6. The van der Waals surface area contributed by atoms with Gasteiger partial charge in [-0.1, -0.05) is 17.3 Å².